The fourth-order valence-corrected chi connectivity index (χ4v) is 3.27. The van der Waals surface area contributed by atoms with Crippen LogP contribution in [0.2, 0.25) is 5.02 Å². The molecule has 0 spiro atoms. The Morgan fingerprint density at radius 3 is 2.86 bits per heavy atom. The second kappa shape index (κ2) is 9.06. The van der Waals surface area contributed by atoms with Gasteiger partial charge in [-0.3, -0.25) is 9.59 Å². The summed E-state index contributed by atoms with van der Waals surface area (Å²) in [6, 6.07) is 9.22. The van der Waals surface area contributed by atoms with Gasteiger partial charge in [0.15, 0.2) is 0 Å². The molecule has 0 radical (unpaired) electrons. The number of anilines is 1. The standard InChI is InChI=1S/C21H24ClN3O3/c1-14(2)28-21-18(22)11-16(13-24-21)20(27)23-12-15-6-5-7-17(10-15)25-9-4-3-8-19(25)26/h5-7,10-11,13-14H,3-4,8-9,12H2,1-2H3,(H,23,27). The minimum atomic E-state index is -0.273. The number of aromatic nitrogens is 1. The molecule has 0 aliphatic carbocycles. The van der Waals surface area contributed by atoms with Crippen LogP contribution in [-0.4, -0.2) is 29.4 Å². The van der Waals surface area contributed by atoms with Crippen LogP contribution >= 0.6 is 11.6 Å². The molecule has 1 aliphatic heterocycles. The maximum atomic E-state index is 12.4. The van der Waals surface area contributed by atoms with Gasteiger partial charge in [0, 0.05) is 31.4 Å². The Morgan fingerprint density at radius 1 is 1.32 bits per heavy atom. The van der Waals surface area contributed by atoms with E-state index in [1.807, 2.05) is 43.0 Å². The summed E-state index contributed by atoms with van der Waals surface area (Å²) in [7, 11) is 0. The Kier molecular flexibility index (Phi) is 6.52. The molecule has 1 N–H and O–H groups in total. The van der Waals surface area contributed by atoms with Crippen molar-refractivity contribution >= 4 is 29.1 Å². The molecule has 2 aromatic rings. The molecule has 1 aromatic carbocycles. The van der Waals surface area contributed by atoms with Gasteiger partial charge in [-0.1, -0.05) is 23.7 Å². The number of piperidine rings is 1. The topological polar surface area (TPSA) is 71.5 Å². The normalized spacial score (nSPS) is 14.3. The smallest absolute Gasteiger partial charge is 0.253 e. The molecule has 1 fully saturated rings. The maximum Gasteiger partial charge on any atom is 0.253 e. The largest absolute Gasteiger partial charge is 0.474 e. The molecule has 0 saturated carbocycles. The van der Waals surface area contributed by atoms with Crippen LogP contribution in [0.5, 0.6) is 5.88 Å². The molecular formula is C21H24ClN3O3. The first-order chi connectivity index (χ1) is 13.4. The lowest BCUT2D eigenvalue weighted by Crippen LogP contribution is -2.35. The number of pyridine rings is 1. The number of ether oxygens (including phenoxy) is 1. The fraction of sp³-hybridized carbons (Fsp3) is 0.381. The average molecular weight is 402 g/mol. The van der Waals surface area contributed by atoms with Gasteiger partial charge in [0.25, 0.3) is 5.91 Å². The average Bonchev–Trinajstić information content (AvgIpc) is 2.68. The maximum absolute atomic E-state index is 12.4. The summed E-state index contributed by atoms with van der Waals surface area (Å²) in [6.07, 6.45) is 3.94. The van der Waals surface area contributed by atoms with Gasteiger partial charge >= 0.3 is 0 Å². The van der Waals surface area contributed by atoms with Crippen LogP contribution in [0.25, 0.3) is 0 Å². The highest BCUT2D eigenvalue weighted by molar-refractivity contribution is 6.32. The van der Waals surface area contributed by atoms with E-state index in [9.17, 15) is 9.59 Å². The Balaban J connectivity index is 1.64. The van der Waals surface area contributed by atoms with Gasteiger partial charge < -0.3 is 15.0 Å². The van der Waals surface area contributed by atoms with Gasteiger partial charge in [-0.15, -0.1) is 0 Å². The molecule has 1 saturated heterocycles. The molecule has 0 bridgehead atoms. The third-order valence-electron chi connectivity index (χ3n) is 4.42. The summed E-state index contributed by atoms with van der Waals surface area (Å²) in [5, 5.41) is 3.16. The molecule has 6 nitrogen and oxygen atoms in total. The first kappa shape index (κ1) is 20.1. The molecule has 1 aromatic heterocycles. The van der Waals surface area contributed by atoms with Crippen molar-refractivity contribution in [3.8, 4) is 5.88 Å². The van der Waals surface area contributed by atoms with Crippen LogP contribution in [-0.2, 0) is 11.3 Å². The third kappa shape index (κ3) is 5.01. The molecule has 28 heavy (non-hydrogen) atoms. The van der Waals surface area contributed by atoms with E-state index in [1.165, 1.54) is 6.20 Å². The number of rotatable bonds is 6. The first-order valence-corrected chi connectivity index (χ1v) is 9.81. The molecule has 2 amide bonds. The predicted molar refractivity (Wildman–Crippen MR) is 109 cm³/mol. The van der Waals surface area contributed by atoms with Crippen LogP contribution < -0.4 is 15.0 Å². The molecule has 0 atom stereocenters. The number of hydrogen-bond donors (Lipinski definition) is 1. The van der Waals surface area contributed by atoms with Crippen LogP contribution in [0.1, 0.15) is 49.0 Å². The number of amides is 2. The molecule has 0 unspecified atom stereocenters. The SMILES string of the molecule is CC(C)Oc1ncc(C(=O)NCc2cccc(N3CCCCC3=O)c2)cc1Cl. The zero-order valence-electron chi connectivity index (χ0n) is 16.1. The lowest BCUT2D eigenvalue weighted by Gasteiger charge is -2.27. The van der Waals surface area contributed by atoms with Gasteiger partial charge in [-0.25, -0.2) is 4.98 Å². The monoisotopic (exact) mass is 401 g/mol. The van der Waals surface area contributed by atoms with Gasteiger partial charge in [0.2, 0.25) is 11.8 Å². The summed E-state index contributed by atoms with van der Waals surface area (Å²) in [5.41, 5.74) is 2.16. The highest BCUT2D eigenvalue weighted by atomic mass is 35.5. The first-order valence-electron chi connectivity index (χ1n) is 9.44. The number of carbonyl (C=O) groups is 2. The zero-order chi connectivity index (χ0) is 20.1. The van der Waals surface area contributed by atoms with Gasteiger partial charge in [0.1, 0.15) is 5.02 Å². The molecule has 3 rings (SSSR count). The molecule has 148 valence electrons. The minimum Gasteiger partial charge on any atom is -0.474 e. The van der Waals surface area contributed by atoms with Crippen molar-refractivity contribution in [1.29, 1.82) is 0 Å². The predicted octanol–water partition coefficient (Wildman–Crippen LogP) is 3.97. The van der Waals surface area contributed by atoms with E-state index in [0.29, 0.717) is 29.4 Å². The molecular weight excluding hydrogens is 378 g/mol. The number of nitrogens with one attached hydrogen (secondary N) is 1. The highest BCUT2D eigenvalue weighted by Crippen LogP contribution is 2.24. The van der Waals surface area contributed by atoms with E-state index in [4.69, 9.17) is 16.3 Å². The highest BCUT2D eigenvalue weighted by Gasteiger charge is 2.19. The van der Waals surface area contributed by atoms with Crippen molar-refractivity contribution in [3.63, 3.8) is 0 Å². The van der Waals surface area contributed by atoms with Crippen molar-refractivity contribution in [2.24, 2.45) is 0 Å². The van der Waals surface area contributed by atoms with E-state index in [-0.39, 0.29) is 17.9 Å². The Bertz CT molecular complexity index is 870. The molecule has 7 heteroatoms. The molecule has 1 aliphatic rings. The van der Waals surface area contributed by atoms with E-state index in [1.54, 1.807) is 6.07 Å². The number of benzene rings is 1. The van der Waals surface area contributed by atoms with Gasteiger partial charge in [0.05, 0.1) is 11.7 Å². The van der Waals surface area contributed by atoms with Crippen molar-refractivity contribution in [1.82, 2.24) is 10.3 Å². The van der Waals surface area contributed by atoms with Crippen LogP contribution in [0, 0.1) is 0 Å². The quantitative estimate of drug-likeness (QED) is 0.795. The number of hydrogen-bond acceptors (Lipinski definition) is 4. The van der Waals surface area contributed by atoms with Gasteiger partial charge in [-0.05, 0) is 50.5 Å². The van der Waals surface area contributed by atoms with Crippen LogP contribution in [0.3, 0.4) is 0 Å². The number of carbonyl (C=O) groups excluding carboxylic acids is 2. The lowest BCUT2D eigenvalue weighted by atomic mass is 10.1. The van der Waals surface area contributed by atoms with Crippen molar-refractivity contribution in [3.05, 3.63) is 52.7 Å². The van der Waals surface area contributed by atoms with Gasteiger partial charge in [-0.2, -0.15) is 0 Å². The summed E-state index contributed by atoms with van der Waals surface area (Å²) in [4.78, 5) is 30.5. The fourth-order valence-electron chi connectivity index (χ4n) is 3.06. The second-order valence-electron chi connectivity index (χ2n) is 7.03. The Morgan fingerprint density at radius 2 is 2.14 bits per heavy atom. The van der Waals surface area contributed by atoms with Crippen LogP contribution in [0.4, 0.5) is 5.69 Å². The van der Waals surface area contributed by atoms with Crippen molar-refractivity contribution < 1.29 is 14.3 Å². The second-order valence-corrected chi connectivity index (χ2v) is 7.44. The van der Waals surface area contributed by atoms with E-state index in [2.05, 4.69) is 10.3 Å². The Labute approximate surface area is 169 Å². The lowest BCUT2D eigenvalue weighted by molar-refractivity contribution is -0.119. The van der Waals surface area contributed by atoms with E-state index in [0.717, 1.165) is 30.6 Å². The van der Waals surface area contributed by atoms with Crippen molar-refractivity contribution in [2.75, 3.05) is 11.4 Å². The van der Waals surface area contributed by atoms with E-state index >= 15 is 0 Å². The molecule has 2 heterocycles. The van der Waals surface area contributed by atoms with Crippen molar-refractivity contribution in [2.45, 2.75) is 45.8 Å². The summed E-state index contributed by atoms with van der Waals surface area (Å²) in [6.45, 7) is 4.84. The summed E-state index contributed by atoms with van der Waals surface area (Å²) in [5.74, 6) is 0.189. The Hall–Kier alpha value is -2.60. The summed E-state index contributed by atoms with van der Waals surface area (Å²) < 4.78 is 5.48. The van der Waals surface area contributed by atoms with Crippen LogP contribution in [0.15, 0.2) is 36.5 Å². The third-order valence-corrected chi connectivity index (χ3v) is 4.69. The number of nitrogens with zero attached hydrogens (tertiary/aromatic N) is 2. The zero-order valence-corrected chi connectivity index (χ0v) is 16.8. The number of halogens is 1. The van der Waals surface area contributed by atoms with E-state index < -0.39 is 0 Å². The summed E-state index contributed by atoms with van der Waals surface area (Å²) >= 11 is 6.15. The minimum absolute atomic E-state index is 0.0521.